The molecule has 1 aromatic heterocycles. The Balaban J connectivity index is 1.55. The SMILES string of the molecule is CC(C)(C)OC(=O)N1CC(n2cc(C3(N)CC3)cn2)C1. The normalized spacial score (nSPS) is 21.5. The quantitative estimate of drug-likeness (QED) is 0.892. The summed E-state index contributed by atoms with van der Waals surface area (Å²) in [5.41, 5.74) is 6.66. The number of carbonyl (C=O) groups excluding carboxylic acids is 1. The molecule has 1 aliphatic heterocycles. The standard InChI is InChI=1S/C14H22N4O2/c1-13(2,3)20-12(19)17-8-11(9-17)18-7-10(6-16-18)14(15)4-5-14/h6-7,11H,4-5,8-9,15H2,1-3H3. The number of carbonyl (C=O) groups is 1. The van der Waals surface area contributed by atoms with Crippen LogP contribution >= 0.6 is 0 Å². The van der Waals surface area contributed by atoms with Gasteiger partial charge in [-0.2, -0.15) is 5.10 Å². The van der Waals surface area contributed by atoms with Gasteiger partial charge in [-0.3, -0.25) is 4.68 Å². The second kappa shape index (κ2) is 4.22. The third-order valence-electron chi connectivity index (χ3n) is 3.85. The molecule has 1 aliphatic carbocycles. The lowest BCUT2D eigenvalue weighted by Crippen LogP contribution is -2.52. The van der Waals surface area contributed by atoms with Crippen molar-refractivity contribution < 1.29 is 9.53 Å². The lowest BCUT2D eigenvalue weighted by molar-refractivity contribution is -0.000402. The number of rotatable bonds is 2. The molecule has 1 saturated heterocycles. The van der Waals surface area contributed by atoms with E-state index in [1.807, 2.05) is 37.8 Å². The molecule has 3 rings (SSSR count). The van der Waals surface area contributed by atoms with Gasteiger partial charge >= 0.3 is 6.09 Å². The molecule has 0 bridgehead atoms. The van der Waals surface area contributed by atoms with E-state index < -0.39 is 5.60 Å². The van der Waals surface area contributed by atoms with Crippen LogP contribution in [-0.4, -0.2) is 39.5 Å². The van der Waals surface area contributed by atoms with Gasteiger partial charge in [0.1, 0.15) is 5.60 Å². The largest absolute Gasteiger partial charge is 0.444 e. The highest BCUT2D eigenvalue weighted by Gasteiger charge is 2.42. The van der Waals surface area contributed by atoms with Gasteiger partial charge in [-0.15, -0.1) is 0 Å². The van der Waals surface area contributed by atoms with E-state index in [-0.39, 0.29) is 17.7 Å². The van der Waals surface area contributed by atoms with Crippen LogP contribution in [0.5, 0.6) is 0 Å². The Hall–Kier alpha value is -1.56. The number of likely N-dealkylation sites (tertiary alicyclic amines) is 1. The number of nitrogens with zero attached hydrogens (tertiary/aromatic N) is 3. The summed E-state index contributed by atoms with van der Waals surface area (Å²) in [6, 6.07) is 0.235. The Morgan fingerprint density at radius 2 is 2.10 bits per heavy atom. The molecule has 0 spiro atoms. The van der Waals surface area contributed by atoms with Gasteiger partial charge in [-0.1, -0.05) is 0 Å². The van der Waals surface area contributed by atoms with Gasteiger partial charge < -0.3 is 15.4 Å². The van der Waals surface area contributed by atoms with Gasteiger partial charge in [0.2, 0.25) is 0 Å². The Labute approximate surface area is 118 Å². The highest BCUT2D eigenvalue weighted by Crippen LogP contribution is 2.42. The summed E-state index contributed by atoms with van der Waals surface area (Å²) in [6.07, 6.45) is 5.69. The highest BCUT2D eigenvalue weighted by molar-refractivity contribution is 5.69. The van der Waals surface area contributed by atoms with Gasteiger partial charge in [0.25, 0.3) is 0 Å². The molecule has 20 heavy (non-hydrogen) atoms. The molecule has 2 fully saturated rings. The van der Waals surface area contributed by atoms with E-state index in [1.165, 1.54) is 0 Å². The summed E-state index contributed by atoms with van der Waals surface area (Å²) >= 11 is 0. The molecule has 0 radical (unpaired) electrons. The van der Waals surface area contributed by atoms with Crippen LogP contribution in [0.4, 0.5) is 4.79 Å². The Kier molecular flexibility index (Phi) is 2.83. The lowest BCUT2D eigenvalue weighted by Gasteiger charge is -2.39. The maximum absolute atomic E-state index is 11.8. The molecule has 0 unspecified atom stereocenters. The van der Waals surface area contributed by atoms with Crippen molar-refractivity contribution in [3.8, 4) is 0 Å². The number of ether oxygens (including phenoxy) is 1. The zero-order valence-corrected chi connectivity index (χ0v) is 12.3. The van der Waals surface area contributed by atoms with E-state index in [9.17, 15) is 4.79 Å². The van der Waals surface area contributed by atoms with Crippen molar-refractivity contribution in [3.63, 3.8) is 0 Å². The predicted molar refractivity (Wildman–Crippen MR) is 74.2 cm³/mol. The van der Waals surface area contributed by atoms with Crippen molar-refractivity contribution in [2.75, 3.05) is 13.1 Å². The molecular formula is C14H22N4O2. The molecule has 6 nitrogen and oxygen atoms in total. The first-order valence-electron chi connectivity index (χ1n) is 7.08. The molecule has 0 atom stereocenters. The van der Waals surface area contributed by atoms with E-state index >= 15 is 0 Å². The molecule has 110 valence electrons. The first kappa shape index (κ1) is 13.4. The van der Waals surface area contributed by atoms with Crippen LogP contribution in [0.3, 0.4) is 0 Å². The van der Waals surface area contributed by atoms with Crippen LogP contribution in [0.2, 0.25) is 0 Å². The zero-order chi connectivity index (χ0) is 14.5. The van der Waals surface area contributed by atoms with E-state index in [1.54, 1.807) is 4.90 Å². The van der Waals surface area contributed by atoms with E-state index in [0.717, 1.165) is 18.4 Å². The summed E-state index contributed by atoms with van der Waals surface area (Å²) < 4.78 is 7.25. The Bertz CT molecular complexity index is 522. The fraction of sp³-hybridized carbons (Fsp3) is 0.714. The predicted octanol–water partition coefficient (Wildman–Crippen LogP) is 1.62. The summed E-state index contributed by atoms with van der Waals surface area (Å²) in [6.45, 7) is 6.91. The van der Waals surface area contributed by atoms with Gasteiger partial charge in [0.15, 0.2) is 0 Å². The Morgan fingerprint density at radius 3 is 2.65 bits per heavy atom. The molecule has 6 heteroatoms. The van der Waals surface area contributed by atoms with Crippen molar-refractivity contribution in [1.82, 2.24) is 14.7 Å². The maximum Gasteiger partial charge on any atom is 0.410 e. The number of nitrogens with two attached hydrogens (primary N) is 1. The minimum absolute atomic E-state index is 0.146. The maximum atomic E-state index is 11.8. The van der Waals surface area contributed by atoms with Gasteiger partial charge in [-0.25, -0.2) is 4.79 Å². The van der Waals surface area contributed by atoms with Gasteiger partial charge in [0, 0.05) is 30.4 Å². The molecule has 1 saturated carbocycles. The Morgan fingerprint density at radius 1 is 1.45 bits per heavy atom. The van der Waals surface area contributed by atoms with Crippen molar-refractivity contribution in [1.29, 1.82) is 0 Å². The van der Waals surface area contributed by atoms with Crippen LogP contribution in [-0.2, 0) is 10.3 Å². The molecule has 2 N–H and O–H groups in total. The average Bonchev–Trinajstić information content (AvgIpc) is 2.82. The number of hydrogen-bond donors (Lipinski definition) is 1. The fourth-order valence-electron chi connectivity index (χ4n) is 2.32. The number of amides is 1. The summed E-state index contributed by atoms with van der Waals surface area (Å²) in [7, 11) is 0. The fourth-order valence-corrected chi connectivity index (χ4v) is 2.32. The molecular weight excluding hydrogens is 256 g/mol. The minimum atomic E-state index is -0.445. The second-order valence-corrected chi connectivity index (χ2v) is 6.90. The lowest BCUT2D eigenvalue weighted by atomic mass is 10.1. The van der Waals surface area contributed by atoms with Crippen LogP contribution in [0.15, 0.2) is 12.4 Å². The molecule has 1 aromatic rings. The summed E-state index contributed by atoms with van der Waals surface area (Å²) in [4.78, 5) is 13.5. The van der Waals surface area contributed by atoms with Crippen molar-refractivity contribution in [2.24, 2.45) is 5.73 Å². The monoisotopic (exact) mass is 278 g/mol. The second-order valence-electron chi connectivity index (χ2n) is 6.90. The number of hydrogen-bond acceptors (Lipinski definition) is 4. The minimum Gasteiger partial charge on any atom is -0.444 e. The summed E-state index contributed by atoms with van der Waals surface area (Å²) in [5.74, 6) is 0. The van der Waals surface area contributed by atoms with Crippen LogP contribution in [0.1, 0.15) is 45.2 Å². The highest BCUT2D eigenvalue weighted by atomic mass is 16.6. The third-order valence-corrected chi connectivity index (χ3v) is 3.85. The van der Waals surface area contributed by atoms with Gasteiger partial charge in [0.05, 0.1) is 12.2 Å². The van der Waals surface area contributed by atoms with Crippen molar-refractivity contribution >= 4 is 6.09 Å². The van der Waals surface area contributed by atoms with Crippen LogP contribution in [0.25, 0.3) is 0 Å². The van der Waals surface area contributed by atoms with E-state index in [0.29, 0.717) is 13.1 Å². The smallest absolute Gasteiger partial charge is 0.410 e. The molecule has 0 aromatic carbocycles. The third kappa shape index (κ3) is 2.52. The van der Waals surface area contributed by atoms with Crippen molar-refractivity contribution in [3.05, 3.63) is 18.0 Å². The van der Waals surface area contributed by atoms with E-state index in [4.69, 9.17) is 10.5 Å². The molecule has 2 aliphatic rings. The van der Waals surface area contributed by atoms with E-state index in [2.05, 4.69) is 5.10 Å². The summed E-state index contributed by atoms with van der Waals surface area (Å²) in [5, 5.41) is 4.37. The molecule has 2 heterocycles. The molecule has 1 amide bonds. The topological polar surface area (TPSA) is 73.4 Å². The zero-order valence-electron chi connectivity index (χ0n) is 12.3. The van der Waals surface area contributed by atoms with Crippen LogP contribution in [0, 0.1) is 0 Å². The number of aromatic nitrogens is 2. The van der Waals surface area contributed by atoms with Crippen LogP contribution < -0.4 is 5.73 Å². The first-order valence-corrected chi connectivity index (χ1v) is 7.08. The first-order chi connectivity index (χ1) is 9.27. The van der Waals surface area contributed by atoms with Crippen molar-refractivity contribution in [2.45, 2.75) is 50.8 Å². The average molecular weight is 278 g/mol. The van der Waals surface area contributed by atoms with Gasteiger partial charge in [-0.05, 0) is 33.6 Å².